The van der Waals surface area contributed by atoms with Crippen molar-refractivity contribution in [1.29, 1.82) is 0 Å². The quantitative estimate of drug-likeness (QED) is 0.561. The van der Waals surface area contributed by atoms with Gasteiger partial charge in [0, 0.05) is 18.2 Å². The van der Waals surface area contributed by atoms with Crippen molar-refractivity contribution in [3.8, 4) is 11.5 Å². The van der Waals surface area contributed by atoms with Crippen molar-refractivity contribution in [3.63, 3.8) is 0 Å². The summed E-state index contributed by atoms with van der Waals surface area (Å²) in [5, 5.41) is 5.82. The van der Waals surface area contributed by atoms with Crippen LogP contribution in [0.25, 0.3) is 0 Å². The van der Waals surface area contributed by atoms with E-state index in [4.69, 9.17) is 9.47 Å². The molecule has 0 saturated carbocycles. The standard InChI is InChI=1S/C22H28N2O4S/c1-15-7-5-8-16(2)22(15)24-20(25)9-6-12-29-14-21(26)23-18-11-10-17(27-3)13-19(18)28-4/h5,7-8,10-11,13H,6,9,12,14H2,1-4H3,(H,23,26)(H,24,25). The molecule has 2 amide bonds. The number of rotatable bonds is 10. The van der Waals surface area contributed by atoms with Crippen LogP contribution in [0.1, 0.15) is 24.0 Å². The van der Waals surface area contributed by atoms with Crippen LogP contribution in [0.5, 0.6) is 11.5 Å². The molecule has 0 unspecified atom stereocenters. The Kier molecular flexibility index (Phi) is 8.86. The highest BCUT2D eigenvalue weighted by atomic mass is 32.2. The molecule has 29 heavy (non-hydrogen) atoms. The Morgan fingerprint density at radius 1 is 0.966 bits per heavy atom. The third kappa shape index (κ3) is 7.02. The lowest BCUT2D eigenvalue weighted by atomic mass is 10.1. The molecule has 0 spiro atoms. The number of hydrogen-bond acceptors (Lipinski definition) is 5. The molecule has 6 nitrogen and oxygen atoms in total. The van der Waals surface area contributed by atoms with Crippen molar-refractivity contribution in [2.45, 2.75) is 26.7 Å². The Bertz CT molecular complexity index is 834. The topological polar surface area (TPSA) is 76.7 Å². The second kappa shape index (κ2) is 11.4. The summed E-state index contributed by atoms with van der Waals surface area (Å²) in [6.45, 7) is 3.96. The SMILES string of the molecule is COc1ccc(NC(=O)CSCCCC(=O)Nc2c(C)cccc2C)c(OC)c1. The maximum absolute atomic E-state index is 12.2. The predicted molar refractivity (Wildman–Crippen MR) is 119 cm³/mol. The number of methoxy groups -OCH3 is 2. The van der Waals surface area contributed by atoms with Gasteiger partial charge in [0.2, 0.25) is 11.8 Å². The molecule has 0 bridgehead atoms. The zero-order chi connectivity index (χ0) is 21.2. The number of thioether (sulfide) groups is 1. The van der Waals surface area contributed by atoms with Crippen LogP contribution in [0.3, 0.4) is 0 Å². The van der Waals surface area contributed by atoms with Gasteiger partial charge in [-0.05, 0) is 49.3 Å². The summed E-state index contributed by atoms with van der Waals surface area (Å²) >= 11 is 1.50. The average Bonchev–Trinajstić information content (AvgIpc) is 2.71. The number of carbonyl (C=O) groups excluding carboxylic acids is 2. The first-order valence-electron chi connectivity index (χ1n) is 9.40. The number of benzene rings is 2. The van der Waals surface area contributed by atoms with Gasteiger partial charge in [-0.25, -0.2) is 0 Å². The fraction of sp³-hybridized carbons (Fsp3) is 0.364. The molecule has 2 aromatic carbocycles. The summed E-state index contributed by atoms with van der Waals surface area (Å²) in [5.74, 6) is 2.13. The van der Waals surface area contributed by atoms with Gasteiger partial charge in [-0.3, -0.25) is 9.59 Å². The number of nitrogens with one attached hydrogen (secondary N) is 2. The van der Waals surface area contributed by atoms with Crippen LogP contribution in [0.2, 0.25) is 0 Å². The number of anilines is 2. The van der Waals surface area contributed by atoms with E-state index in [2.05, 4.69) is 10.6 Å². The molecule has 7 heteroatoms. The van der Waals surface area contributed by atoms with Crippen LogP contribution in [-0.4, -0.2) is 37.5 Å². The molecule has 2 aromatic rings. The molecule has 0 aromatic heterocycles. The van der Waals surface area contributed by atoms with Crippen LogP contribution in [0.4, 0.5) is 11.4 Å². The third-order valence-corrected chi connectivity index (χ3v) is 5.40. The number of ether oxygens (including phenoxy) is 2. The molecule has 0 aliphatic carbocycles. The summed E-state index contributed by atoms with van der Waals surface area (Å²) in [7, 11) is 3.12. The van der Waals surface area contributed by atoms with E-state index < -0.39 is 0 Å². The van der Waals surface area contributed by atoms with E-state index in [-0.39, 0.29) is 11.8 Å². The first-order chi connectivity index (χ1) is 13.9. The predicted octanol–water partition coefficient (Wildman–Crippen LogP) is 4.41. The molecule has 0 aliphatic rings. The molecule has 2 rings (SSSR count). The summed E-state index contributed by atoms with van der Waals surface area (Å²) in [6, 6.07) is 11.2. The number of aryl methyl sites for hydroxylation is 2. The van der Waals surface area contributed by atoms with Gasteiger partial charge < -0.3 is 20.1 Å². The molecule has 0 saturated heterocycles. The van der Waals surface area contributed by atoms with E-state index in [9.17, 15) is 9.59 Å². The van der Waals surface area contributed by atoms with Gasteiger partial charge in [0.25, 0.3) is 0 Å². The largest absolute Gasteiger partial charge is 0.497 e. The Morgan fingerprint density at radius 2 is 1.69 bits per heavy atom. The minimum absolute atomic E-state index is 0.00424. The number of hydrogen-bond donors (Lipinski definition) is 2. The van der Waals surface area contributed by atoms with E-state index >= 15 is 0 Å². The Hall–Kier alpha value is -2.67. The van der Waals surface area contributed by atoms with E-state index in [1.807, 2.05) is 32.0 Å². The van der Waals surface area contributed by atoms with Crippen molar-refractivity contribution in [2.75, 3.05) is 36.4 Å². The highest BCUT2D eigenvalue weighted by molar-refractivity contribution is 7.99. The zero-order valence-electron chi connectivity index (χ0n) is 17.3. The Labute approximate surface area is 176 Å². The summed E-state index contributed by atoms with van der Waals surface area (Å²) in [4.78, 5) is 24.3. The molecule has 0 radical (unpaired) electrons. The second-order valence-corrected chi connectivity index (χ2v) is 7.69. The average molecular weight is 417 g/mol. The van der Waals surface area contributed by atoms with Gasteiger partial charge in [-0.1, -0.05) is 18.2 Å². The summed E-state index contributed by atoms with van der Waals surface area (Å²) in [6.07, 6.45) is 1.13. The second-order valence-electron chi connectivity index (χ2n) is 6.59. The maximum Gasteiger partial charge on any atom is 0.234 e. The highest BCUT2D eigenvalue weighted by Crippen LogP contribution is 2.29. The molecule has 0 heterocycles. The lowest BCUT2D eigenvalue weighted by Crippen LogP contribution is -2.16. The van der Waals surface area contributed by atoms with Gasteiger partial charge in [0.1, 0.15) is 11.5 Å². The maximum atomic E-state index is 12.2. The van der Waals surface area contributed by atoms with Gasteiger partial charge in [-0.15, -0.1) is 0 Å². The van der Waals surface area contributed by atoms with Crippen molar-refractivity contribution >= 4 is 35.0 Å². The Balaban J connectivity index is 1.70. The lowest BCUT2D eigenvalue weighted by molar-refractivity contribution is -0.116. The number of para-hydroxylation sites is 1. The van der Waals surface area contributed by atoms with Gasteiger partial charge >= 0.3 is 0 Å². The van der Waals surface area contributed by atoms with Crippen LogP contribution in [0.15, 0.2) is 36.4 Å². The number of amides is 2. The van der Waals surface area contributed by atoms with E-state index in [0.29, 0.717) is 35.8 Å². The molecule has 0 atom stereocenters. The van der Waals surface area contributed by atoms with Crippen molar-refractivity contribution in [3.05, 3.63) is 47.5 Å². The normalized spacial score (nSPS) is 10.3. The molecular weight excluding hydrogens is 388 g/mol. The van der Waals surface area contributed by atoms with Crippen LogP contribution >= 0.6 is 11.8 Å². The fourth-order valence-electron chi connectivity index (χ4n) is 2.80. The van der Waals surface area contributed by atoms with Crippen molar-refractivity contribution < 1.29 is 19.1 Å². The zero-order valence-corrected chi connectivity index (χ0v) is 18.2. The molecule has 0 fully saturated rings. The van der Waals surface area contributed by atoms with Crippen LogP contribution < -0.4 is 20.1 Å². The van der Waals surface area contributed by atoms with E-state index in [1.54, 1.807) is 32.4 Å². The van der Waals surface area contributed by atoms with Crippen LogP contribution in [0, 0.1) is 13.8 Å². The minimum Gasteiger partial charge on any atom is -0.497 e. The highest BCUT2D eigenvalue weighted by Gasteiger charge is 2.10. The fourth-order valence-corrected chi connectivity index (χ4v) is 3.55. The smallest absolute Gasteiger partial charge is 0.234 e. The van der Waals surface area contributed by atoms with Gasteiger partial charge in [-0.2, -0.15) is 11.8 Å². The summed E-state index contributed by atoms with van der Waals surface area (Å²) in [5.41, 5.74) is 3.60. The van der Waals surface area contributed by atoms with E-state index in [1.165, 1.54) is 11.8 Å². The first kappa shape index (κ1) is 22.6. The molecule has 156 valence electrons. The van der Waals surface area contributed by atoms with Crippen LogP contribution in [-0.2, 0) is 9.59 Å². The van der Waals surface area contributed by atoms with Crippen molar-refractivity contribution in [2.24, 2.45) is 0 Å². The van der Waals surface area contributed by atoms with E-state index in [0.717, 1.165) is 22.6 Å². The first-order valence-corrected chi connectivity index (χ1v) is 10.6. The van der Waals surface area contributed by atoms with Gasteiger partial charge in [0.15, 0.2) is 0 Å². The van der Waals surface area contributed by atoms with Crippen molar-refractivity contribution in [1.82, 2.24) is 0 Å². The monoisotopic (exact) mass is 416 g/mol. The summed E-state index contributed by atoms with van der Waals surface area (Å²) < 4.78 is 10.4. The lowest BCUT2D eigenvalue weighted by Gasteiger charge is -2.12. The molecule has 0 aliphatic heterocycles. The minimum atomic E-state index is -0.113. The Morgan fingerprint density at radius 3 is 2.34 bits per heavy atom. The molecular formula is C22H28N2O4S. The third-order valence-electron chi connectivity index (χ3n) is 4.35. The number of carbonyl (C=O) groups is 2. The molecule has 2 N–H and O–H groups in total. The van der Waals surface area contributed by atoms with Gasteiger partial charge in [0.05, 0.1) is 25.7 Å².